The molecule has 0 aliphatic heterocycles. The van der Waals surface area contributed by atoms with Crippen LogP contribution in [0.2, 0.25) is 0 Å². The molecule has 1 heteroatoms. The molecule has 0 unspecified atom stereocenters. The van der Waals surface area contributed by atoms with Crippen molar-refractivity contribution in [3.05, 3.63) is 146 Å². The van der Waals surface area contributed by atoms with Crippen molar-refractivity contribution in [1.82, 2.24) is 0 Å². The Kier molecular flexibility index (Phi) is 4.51. The van der Waals surface area contributed by atoms with Gasteiger partial charge in [0.15, 0.2) is 0 Å². The zero-order valence-electron chi connectivity index (χ0n) is 23.3. The first kappa shape index (κ1) is 23.0. The Hall–Kier alpha value is -5.66. The fraction of sp³-hybridized carbons (Fsp3) is 0. The van der Waals surface area contributed by atoms with Crippen LogP contribution in [0.3, 0.4) is 0 Å². The quantitative estimate of drug-likeness (QED) is 0.197. The van der Waals surface area contributed by atoms with Gasteiger partial charge in [-0.25, -0.2) is 0 Å². The fourth-order valence-electron chi connectivity index (χ4n) is 7.50. The van der Waals surface area contributed by atoms with Gasteiger partial charge in [-0.3, -0.25) is 0 Å². The molecule has 43 heavy (non-hydrogen) atoms. The third-order valence-electron chi connectivity index (χ3n) is 9.37. The molecule has 0 bridgehead atoms. The van der Waals surface area contributed by atoms with Crippen LogP contribution >= 0.6 is 0 Å². The molecule has 0 saturated carbocycles. The highest BCUT2D eigenvalue weighted by Crippen LogP contribution is 2.49. The van der Waals surface area contributed by atoms with E-state index < -0.39 is 0 Å². The minimum absolute atomic E-state index is 0.911. The highest BCUT2D eigenvalue weighted by molar-refractivity contribution is 6.20. The SMILES string of the molecule is c1ccc2c(c1)-c1cccc3cc(-c4cccc5oc6ccc(-c7cc8ccccc8c8ccccc78)cc6c45)cc-2c13. The van der Waals surface area contributed by atoms with Crippen LogP contribution in [0.15, 0.2) is 150 Å². The van der Waals surface area contributed by atoms with Crippen LogP contribution in [-0.2, 0) is 0 Å². The van der Waals surface area contributed by atoms with E-state index in [0.29, 0.717) is 0 Å². The van der Waals surface area contributed by atoms with Gasteiger partial charge in [0, 0.05) is 10.8 Å². The lowest BCUT2D eigenvalue weighted by Crippen LogP contribution is -1.85. The van der Waals surface area contributed by atoms with E-state index in [2.05, 4.69) is 146 Å². The molecule has 0 N–H and O–H groups in total. The normalized spacial score (nSPS) is 12.2. The van der Waals surface area contributed by atoms with Crippen molar-refractivity contribution >= 4 is 54.3 Å². The fourth-order valence-corrected chi connectivity index (χ4v) is 7.50. The van der Waals surface area contributed by atoms with Crippen LogP contribution < -0.4 is 0 Å². The Morgan fingerprint density at radius 3 is 1.91 bits per heavy atom. The first-order valence-corrected chi connectivity index (χ1v) is 14.8. The Balaban J connectivity index is 1.24. The highest BCUT2D eigenvalue weighted by Gasteiger charge is 2.23. The molecule has 1 nitrogen and oxygen atoms in total. The Morgan fingerprint density at radius 1 is 0.302 bits per heavy atom. The van der Waals surface area contributed by atoms with Gasteiger partial charge >= 0.3 is 0 Å². The number of furan rings is 1. The van der Waals surface area contributed by atoms with Crippen LogP contribution in [-0.4, -0.2) is 0 Å². The summed E-state index contributed by atoms with van der Waals surface area (Å²) < 4.78 is 6.47. The van der Waals surface area contributed by atoms with E-state index in [-0.39, 0.29) is 0 Å². The lowest BCUT2D eigenvalue weighted by atomic mass is 9.91. The molecule has 0 spiro atoms. The largest absolute Gasteiger partial charge is 0.456 e. The van der Waals surface area contributed by atoms with Gasteiger partial charge in [-0.05, 0) is 113 Å². The van der Waals surface area contributed by atoms with Crippen molar-refractivity contribution in [2.45, 2.75) is 0 Å². The predicted octanol–water partition coefficient (Wildman–Crippen LogP) is 12.0. The van der Waals surface area contributed by atoms with Gasteiger partial charge < -0.3 is 4.42 Å². The Bertz CT molecular complexity index is 2620. The third-order valence-corrected chi connectivity index (χ3v) is 9.37. The topological polar surface area (TPSA) is 13.1 Å². The molecule has 9 aromatic rings. The van der Waals surface area contributed by atoms with Gasteiger partial charge in [-0.1, -0.05) is 109 Å². The number of fused-ring (bicyclic) bond motifs is 9. The molecule has 198 valence electrons. The second-order valence-corrected chi connectivity index (χ2v) is 11.7. The molecule has 0 amide bonds. The summed E-state index contributed by atoms with van der Waals surface area (Å²) in [6.07, 6.45) is 0. The van der Waals surface area contributed by atoms with E-state index in [0.717, 1.165) is 16.6 Å². The Labute approximate surface area is 248 Å². The lowest BCUT2D eigenvalue weighted by molar-refractivity contribution is 0.669. The number of benzene rings is 8. The molecular formula is C42H24O. The van der Waals surface area contributed by atoms with Crippen molar-refractivity contribution in [3.8, 4) is 44.5 Å². The number of hydrogen-bond donors (Lipinski definition) is 0. The van der Waals surface area contributed by atoms with Gasteiger partial charge in [0.1, 0.15) is 11.2 Å². The molecule has 10 rings (SSSR count). The molecule has 1 aromatic heterocycles. The second kappa shape index (κ2) is 8.44. The molecule has 8 aromatic carbocycles. The summed E-state index contributed by atoms with van der Waals surface area (Å²) in [6.45, 7) is 0. The van der Waals surface area contributed by atoms with E-state index in [9.17, 15) is 0 Å². The van der Waals surface area contributed by atoms with Crippen molar-refractivity contribution in [2.75, 3.05) is 0 Å². The summed E-state index contributed by atoms with van der Waals surface area (Å²) in [4.78, 5) is 0. The van der Waals surface area contributed by atoms with Crippen LogP contribution in [0.25, 0.3) is 98.8 Å². The molecule has 1 aliphatic rings. The summed E-state index contributed by atoms with van der Waals surface area (Å²) in [5.41, 5.74) is 11.9. The third kappa shape index (κ3) is 3.17. The van der Waals surface area contributed by atoms with Crippen molar-refractivity contribution in [2.24, 2.45) is 0 Å². The van der Waals surface area contributed by atoms with Crippen LogP contribution in [0.1, 0.15) is 0 Å². The predicted molar refractivity (Wildman–Crippen MR) is 182 cm³/mol. The zero-order valence-corrected chi connectivity index (χ0v) is 23.3. The van der Waals surface area contributed by atoms with Crippen LogP contribution in [0.5, 0.6) is 0 Å². The number of rotatable bonds is 2. The highest BCUT2D eigenvalue weighted by atomic mass is 16.3. The summed E-state index contributed by atoms with van der Waals surface area (Å²) in [5.74, 6) is 0. The van der Waals surface area contributed by atoms with E-state index in [1.54, 1.807) is 0 Å². The zero-order chi connectivity index (χ0) is 28.1. The standard InChI is InChI=1S/C42H24O/c1-2-11-29-25(9-1)22-36(33-14-5-3-12-31(29)33)26-19-20-39-38(23-26)42-30(16-8-18-40(42)43-39)28-21-27-10-7-17-35-32-13-4-6-15-34(32)37(24-28)41(27)35/h1-24H. The van der Waals surface area contributed by atoms with Gasteiger partial charge in [0.2, 0.25) is 0 Å². The maximum atomic E-state index is 6.47. The maximum absolute atomic E-state index is 6.47. The van der Waals surface area contributed by atoms with Crippen LogP contribution in [0.4, 0.5) is 0 Å². The van der Waals surface area contributed by atoms with Gasteiger partial charge in [-0.15, -0.1) is 0 Å². The molecular weight excluding hydrogens is 520 g/mol. The van der Waals surface area contributed by atoms with E-state index in [1.165, 1.54) is 82.2 Å². The van der Waals surface area contributed by atoms with Crippen molar-refractivity contribution < 1.29 is 4.42 Å². The monoisotopic (exact) mass is 544 g/mol. The van der Waals surface area contributed by atoms with Crippen LogP contribution in [0, 0.1) is 0 Å². The average Bonchev–Trinajstić information content (AvgIpc) is 3.61. The van der Waals surface area contributed by atoms with Gasteiger partial charge in [-0.2, -0.15) is 0 Å². The van der Waals surface area contributed by atoms with Crippen molar-refractivity contribution in [1.29, 1.82) is 0 Å². The molecule has 0 radical (unpaired) electrons. The summed E-state index contributed by atoms with van der Waals surface area (Å²) in [5, 5.41) is 10.0. The first-order valence-electron chi connectivity index (χ1n) is 14.8. The lowest BCUT2D eigenvalue weighted by Gasteiger charge is -2.12. The molecule has 1 aliphatic carbocycles. The van der Waals surface area contributed by atoms with E-state index >= 15 is 0 Å². The molecule has 0 saturated heterocycles. The maximum Gasteiger partial charge on any atom is 0.136 e. The molecule has 1 heterocycles. The summed E-state index contributed by atoms with van der Waals surface area (Å²) in [7, 11) is 0. The smallest absolute Gasteiger partial charge is 0.136 e. The van der Waals surface area contributed by atoms with E-state index in [1.807, 2.05) is 0 Å². The minimum atomic E-state index is 0.911. The average molecular weight is 545 g/mol. The Morgan fingerprint density at radius 2 is 1.00 bits per heavy atom. The number of hydrogen-bond acceptors (Lipinski definition) is 1. The summed E-state index contributed by atoms with van der Waals surface area (Å²) >= 11 is 0. The minimum Gasteiger partial charge on any atom is -0.456 e. The van der Waals surface area contributed by atoms with Gasteiger partial charge in [0.05, 0.1) is 0 Å². The van der Waals surface area contributed by atoms with Crippen molar-refractivity contribution in [3.63, 3.8) is 0 Å². The second-order valence-electron chi connectivity index (χ2n) is 11.7. The summed E-state index contributed by atoms with van der Waals surface area (Å²) in [6, 6.07) is 53.1. The molecule has 0 atom stereocenters. The van der Waals surface area contributed by atoms with E-state index in [4.69, 9.17) is 4.42 Å². The first-order chi connectivity index (χ1) is 21.3. The van der Waals surface area contributed by atoms with Gasteiger partial charge in [0.25, 0.3) is 0 Å². The molecule has 0 fully saturated rings.